The molecule has 2 aromatic heterocycles. The first-order chi connectivity index (χ1) is 13.8. The van der Waals surface area contributed by atoms with Crippen LogP contribution in [0, 0.1) is 0 Å². The number of fused-ring (bicyclic) bond motifs is 3. The second-order valence-corrected chi connectivity index (χ2v) is 7.30. The van der Waals surface area contributed by atoms with Crippen LogP contribution < -0.4 is 14.5 Å². The highest BCUT2D eigenvalue weighted by Crippen LogP contribution is 2.47. The number of thiophene rings is 1. The second-order valence-electron chi connectivity index (χ2n) is 6.27. The number of nitrogens with zero attached hydrogens (tertiary/aromatic N) is 5. The van der Waals surface area contributed by atoms with Crippen molar-refractivity contribution in [2.75, 3.05) is 23.4 Å². The predicted molar refractivity (Wildman–Crippen MR) is 105 cm³/mol. The lowest BCUT2D eigenvalue weighted by Crippen LogP contribution is -2.28. The van der Waals surface area contributed by atoms with Gasteiger partial charge in [-0.2, -0.15) is 0 Å². The summed E-state index contributed by atoms with van der Waals surface area (Å²) in [7, 11) is 1.91. The molecule has 152 valence electrons. The van der Waals surface area contributed by atoms with Crippen LogP contribution in [0.25, 0.3) is 10.2 Å². The standard InChI is InChI=1S/C18H16F3N5O2S/c1-3-25(2)15-12-13-14(29-16(12)23-8-22-15)17(27)26(9-24-13)10-4-6-11(7-5-10)28-18(19,20)21/h4-9,17,27H,3H2,1-2H3. The topological polar surface area (TPSA) is 74.1 Å². The fraction of sp³-hybridized carbons (Fsp3) is 0.278. The minimum absolute atomic E-state index is 0.338. The summed E-state index contributed by atoms with van der Waals surface area (Å²) in [5, 5.41) is 11.7. The molecule has 3 aromatic rings. The number of aliphatic hydroxyl groups is 1. The third-order valence-electron chi connectivity index (χ3n) is 4.48. The van der Waals surface area contributed by atoms with Gasteiger partial charge in [-0.3, -0.25) is 0 Å². The number of hydrogen-bond donors (Lipinski definition) is 1. The van der Waals surface area contributed by atoms with Crippen LogP contribution in [-0.2, 0) is 0 Å². The molecular weight excluding hydrogens is 407 g/mol. The van der Waals surface area contributed by atoms with Crippen LogP contribution in [0.1, 0.15) is 18.0 Å². The van der Waals surface area contributed by atoms with Gasteiger partial charge in [-0.25, -0.2) is 15.0 Å². The van der Waals surface area contributed by atoms with Gasteiger partial charge in [-0.05, 0) is 31.2 Å². The molecule has 0 bridgehead atoms. The molecule has 0 saturated heterocycles. The number of benzene rings is 1. The van der Waals surface area contributed by atoms with E-state index in [1.54, 1.807) is 0 Å². The molecule has 0 fully saturated rings. The Balaban J connectivity index is 1.69. The van der Waals surface area contributed by atoms with Crippen molar-refractivity contribution in [3.63, 3.8) is 0 Å². The summed E-state index contributed by atoms with van der Waals surface area (Å²) in [6, 6.07) is 5.21. The van der Waals surface area contributed by atoms with Crippen LogP contribution in [0.4, 0.5) is 30.4 Å². The van der Waals surface area contributed by atoms with E-state index >= 15 is 0 Å². The van der Waals surface area contributed by atoms with Crippen molar-refractivity contribution in [2.45, 2.75) is 19.5 Å². The molecule has 0 saturated carbocycles. The zero-order chi connectivity index (χ0) is 20.8. The van der Waals surface area contributed by atoms with E-state index in [4.69, 9.17) is 0 Å². The second kappa shape index (κ2) is 7.16. The summed E-state index contributed by atoms with van der Waals surface area (Å²) in [5.74, 6) is 0.385. The summed E-state index contributed by atoms with van der Waals surface area (Å²) in [6.07, 6.45) is -2.90. The van der Waals surface area contributed by atoms with Gasteiger partial charge in [0.1, 0.15) is 22.7 Å². The minimum Gasteiger partial charge on any atom is -0.406 e. The van der Waals surface area contributed by atoms with Crippen molar-refractivity contribution in [3.8, 4) is 5.75 Å². The Hall–Kier alpha value is -2.92. The maximum atomic E-state index is 12.3. The van der Waals surface area contributed by atoms with E-state index in [2.05, 4.69) is 19.7 Å². The molecule has 0 spiro atoms. The van der Waals surface area contributed by atoms with Crippen LogP contribution >= 0.6 is 11.3 Å². The normalized spacial score (nSPS) is 16.2. The first-order valence-corrected chi connectivity index (χ1v) is 9.45. The Morgan fingerprint density at radius 2 is 1.97 bits per heavy atom. The number of anilines is 2. The number of aliphatic hydroxyl groups excluding tert-OH is 1. The fourth-order valence-corrected chi connectivity index (χ4v) is 4.07. The van der Waals surface area contributed by atoms with Gasteiger partial charge in [0.05, 0.1) is 22.3 Å². The predicted octanol–water partition coefficient (Wildman–Crippen LogP) is 4.22. The number of aliphatic imine (C=N–C) groups is 1. The molecule has 1 atom stereocenters. The number of rotatable bonds is 4. The van der Waals surface area contributed by atoms with E-state index in [-0.39, 0.29) is 5.75 Å². The molecule has 29 heavy (non-hydrogen) atoms. The molecule has 11 heteroatoms. The first-order valence-electron chi connectivity index (χ1n) is 8.63. The molecule has 1 aliphatic heterocycles. The Morgan fingerprint density at radius 3 is 2.62 bits per heavy atom. The smallest absolute Gasteiger partial charge is 0.406 e. The quantitative estimate of drug-likeness (QED) is 0.678. The molecule has 1 aromatic carbocycles. The lowest BCUT2D eigenvalue weighted by atomic mass is 10.2. The highest BCUT2D eigenvalue weighted by atomic mass is 32.1. The van der Waals surface area contributed by atoms with Gasteiger partial charge in [0.2, 0.25) is 0 Å². The van der Waals surface area contributed by atoms with Crippen molar-refractivity contribution in [3.05, 3.63) is 35.5 Å². The van der Waals surface area contributed by atoms with E-state index < -0.39 is 12.6 Å². The molecule has 7 nitrogen and oxygen atoms in total. The SMILES string of the molecule is CCN(C)c1ncnc2sc3c(c12)N=CN(c1ccc(OC(F)(F)F)cc1)C3O. The van der Waals surface area contributed by atoms with E-state index in [1.165, 1.54) is 53.2 Å². The third kappa shape index (κ3) is 3.58. The van der Waals surface area contributed by atoms with Crippen molar-refractivity contribution < 1.29 is 23.0 Å². The van der Waals surface area contributed by atoms with E-state index in [9.17, 15) is 18.3 Å². The number of hydrogen-bond acceptors (Lipinski definition) is 8. The van der Waals surface area contributed by atoms with Crippen LogP contribution in [0.15, 0.2) is 35.6 Å². The maximum Gasteiger partial charge on any atom is 0.573 e. The summed E-state index contributed by atoms with van der Waals surface area (Å²) >= 11 is 1.30. The van der Waals surface area contributed by atoms with E-state index in [1.807, 2.05) is 18.9 Å². The maximum absolute atomic E-state index is 12.3. The van der Waals surface area contributed by atoms with E-state index in [0.717, 1.165) is 17.7 Å². The average molecular weight is 423 g/mol. The van der Waals surface area contributed by atoms with Crippen LogP contribution in [-0.4, -0.2) is 41.4 Å². The largest absolute Gasteiger partial charge is 0.573 e. The molecule has 0 aliphatic carbocycles. The Kier molecular flexibility index (Phi) is 4.79. The molecule has 1 aliphatic rings. The fourth-order valence-electron chi connectivity index (χ4n) is 3.00. The zero-order valence-corrected chi connectivity index (χ0v) is 16.2. The van der Waals surface area contributed by atoms with Crippen LogP contribution in [0.5, 0.6) is 5.75 Å². The Morgan fingerprint density at radius 1 is 1.24 bits per heavy atom. The molecule has 1 N–H and O–H groups in total. The summed E-state index contributed by atoms with van der Waals surface area (Å²) in [5.41, 5.74) is 1.07. The Labute approximate surface area is 167 Å². The lowest BCUT2D eigenvalue weighted by Gasteiger charge is -2.28. The highest BCUT2D eigenvalue weighted by molar-refractivity contribution is 7.19. The number of aromatic nitrogens is 2. The Bertz CT molecular complexity index is 1070. The molecular formula is C18H16F3N5O2S. The monoisotopic (exact) mass is 423 g/mol. The summed E-state index contributed by atoms with van der Waals surface area (Å²) in [4.78, 5) is 17.8. The van der Waals surface area contributed by atoms with Gasteiger partial charge in [0.15, 0.2) is 6.23 Å². The van der Waals surface area contributed by atoms with Gasteiger partial charge < -0.3 is 19.6 Å². The molecule has 1 unspecified atom stereocenters. The van der Waals surface area contributed by atoms with Crippen molar-refractivity contribution >= 4 is 45.1 Å². The summed E-state index contributed by atoms with van der Waals surface area (Å²) < 4.78 is 40.9. The lowest BCUT2D eigenvalue weighted by molar-refractivity contribution is -0.274. The molecule has 0 radical (unpaired) electrons. The molecule has 0 amide bonds. The van der Waals surface area contributed by atoms with Gasteiger partial charge in [0.25, 0.3) is 0 Å². The average Bonchev–Trinajstić information content (AvgIpc) is 3.07. The van der Waals surface area contributed by atoms with Gasteiger partial charge in [0, 0.05) is 19.3 Å². The molecule has 3 heterocycles. The van der Waals surface area contributed by atoms with Crippen molar-refractivity contribution in [2.24, 2.45) is 4.99 Å². The van der Waals surface area contributed by atoms with Gasteiger partial charge in [-0.1, -0.05) is 0 Å². The number of halogens is 3. The first kappa shape index (κ1) is 19.4. The van der Waals surface area contributed by atoms with Gasteiger partial charge in [-0.15, -0.1) is 24.5 Å². The van der Waals surface area contributed by atoms with E-state index in [0.29, 0.717) is 21.1 Å². The van der Waals surface area contributed by atoms with Crippen molar-refractivity contribution in [1.82, 2.24) is 9.97 Å². The van der Waals surface area contributed by atoms with Crippen LogP contribution in [0.2, 0.25) is 0 Å². The van der Waals surface area contributed by atoms with Crippen molar-refractivity contribution in [1.29, 1.82) is 0 Å². The zero-order valence-electron chi connectivity index (χ0n) is 15.4. The minimum atomic E-state index is -4.76. The third-order valence-corrected chi connectivity index (χ3v) is 5.61. The van der Waals surface area contributed by atoms with Gasteiger partial charge >= 0.3 is 6.36 Å². The van der Waals surface area contributed by atoms with Crippen LogP contribution in [0.3, 0.4) is 0 Å². The number of ether oxygens (including phenoxy) is 1. The summed E-state index contributed by atoms with van der Waals surface area (Å²) in [6.45, 7) is 2.74. The molecule has 4 rings (SSSR count). The highest BCUT2D eigenvalue weighted by Gasteiger charge is 2.32. The number of alkyl halides is 3.